The lowest BCUT2D eigenvalue weighted by molar-refractivity contribution is 0.104. The van der Waals surface area contributed by atoms with Gasteiger partial charge < -0.3 is 4.57 Å². The van der Waals surface area contributed by atoms with Gasteiger partial charge in [0, 0.05) is 36.0 Å². The van der Waals surface area contributed by atoms with Gasteiger partial charge in [-0.25, -0.2) is 0 Å². The molecular formula is C27H19N3O2. The molecule has 0 unspecified atom stereocenters. The Labute approximate surface area is 184 Å². The lowest BCUT2D eigenvalue weighted by Crippen LogP contribution is -2.25. The standard InChI is InChI=1S/C27H19N3O2/c1-30-22-13-6-5-11-20(22)24(18-8-3-2-4-9-18)25(27(30)32)23(31)15-14-19-10-7-12-21-26(19)29-17-16-28-21/h2-17H,1H3. The van der Waals surface area contributed by atoms with E-state index in [0.717, 1.165) is 27.5 Å². The molecular weight excluding hydrogens is 398 g/mol. The zero-order valence-electron chi connectivity index (χ0n) is 17.4. The topological polar surface area (TPSA) is 64.8 Å². The smallest absolute Gasteiger partial charge is 0.262 e. The van der Waals surface area contributed by atoms with Gasteiger partial charge in [-0.3, -0.25) is 19.6 Å². The molecule has 154 valence electrons. The number of para-hydroxylation sites is 2. The van der Waals surface area contributed by atoms with E-state index >= 15 is 0 Å². The molecule has 3 aromatic carbocycles. The minimum Gasteiger partial charge on any atom is -0.311 e. The van der Waals surface area contributed by atoms with Crippen LogP contribution in [0.3, 0.4) is 0 Å². The van der Waals surface area contributed by atoms with E-state index in [2.05, 4.69) is 9.97 Å². The highest BCUT2D eigenvalue weighted by Gasteiger charge is 2.20. The molecule has 5 heteroatoms. The van der Waals surface area contributed by atoms with Crippen LogP contribution in [0, 0.1) is 0 Å². The summed E-state index contributed by atoms with van der Waals surface area (Å²) < 4.78 is 1.53. The van der Waals surface area contributed by atoms with Crippen molar-refractivity contribution >= 4 is 33.8 Å². The van der Waals surface area contributed by atoms with Crippen molar-refractivity contribution in [1.29, 1.82) is 0 Å². The number of fused-ring (bicyclic) bond motifs is 2. The number of ketones is 1. The maximum absolute atomic E-state index is 13.4. The van der Waals surface area contributed by atoms with Crippen molar-refractivity contribution in [3.8, 4) is 11.1 Å². The summed E-state index contributed by atoms with van der Waals surface area (Å²) >= 11 is 0. The highest BCUT2D eigenvalue weighted by atomic mass is 16.1. The molecule has 5 aromatic rings. The number of pyridine rings is 1. The first-order chi connectivity index (χ1) is 15.6. The van der Waals surface area contributed by atoms with Crippen LogP contribution >= 0.6 is 0 Å². The second kappa shape index (κ2) is 8.04. The van der Waals surface area contributed by atoms with Gasteiger partial charge in [0.1, 0.15) is 0 Å². The van der Waals surface area contributed by atoms with Crippen LogP contribution < -0.4 is 5.56 Å². The molecule has 0 saturated carbocycles. The molecule has 5 nitrogen and oxygen atoms in total. The maximum Gasteiger partial charge on any atom is 0.262 e. The Hall–Kier alpha value is -4.38. The van der Waals surface area contributed by atoms with E-state index in [-0.39, 0.29) is 16.9 Å². The fourth-order valence-electron chi connectivity index (χ4n) is 4.03. The maximum atomic E-state index is 13.4. The van der Waals surface area contributed by atoms with Gasteiger partial charge in [0.05, 0.1) is 22.1 Å². The van der Waals surface area contributed by atoms with Crippen molar-refractivity contribution in [2.75, 3.05) is 0 Å². The Bertz CT molecular complexity index is 1560. The third-order valence-electron chi connectivity index (χ3n) is 5.56. The number of carbonyl (C=O) groups excluding carboxylic acids is 1. The van der Waals surface area contributed by atoms with Crippen LogP contribution in [0.1, 0.15) is 15.9 Å². The minimum atomic E-state index is -0.351. The number of aromatic nitrogens is 3. The molecule has 0 spiro atoms. The molecule has 0 aliphatic heterocycles. The van der Waals surface area contributed by atoms with Gasteiger partial charge in [-0.15, -0.1) is 0 Å². The van der Waals surface area contributed by atoms with Gasteiger partial charge in [-0.1, -0.05) is 60.7 Å². The molecule has 0 aliphatic rings. The molecule has 0 fully saturated rings. The third-order valence-corrected chi connectivity index (χ3v) is 5.56. The summed E-state index contributed by atoms with van der Waals surface area (Å²) in [4.78, 5) is 35.4. The Morgan fingerprint density at radius 3 is 2.47 bits per heavy atom. The molecule has 2 heterocycles. The first-order valence-corrected chi connectivity index (χ1v) is 10.2. The van der Waals surface area contributed by atoms with Crippen LogP contribution in [-0.2, 0) is 7.05 Å². The zero-order chi connectivity index (χ0) is 22.1. The third kappa shape index (κ3) is 3.30. The Kier molecular flexibility index (Phi) is 4.92. The van der Waals surface area contributed by atoms with Crippen LogP contribution in [0.2, 0.25) is 0 Å². The molecule has 32 heavy (non-hydrogen) atoms. The quantitative estimate of drug-likeness (QED) is 0.303. The number of carbonyl (C=O) groups is 1. The lowest BCUT2D eigenvalue weighted by Gasteiger charge is -2.14. The second-order valence-corrected chi connectivity index (χ2v) is 7.47. The van der Waals surface area contributed by atoms with Gasteiger partial charge in [0.25, 0.3) is 5.56 Å². The average Bonchev–Trinajstić information content (AvgIpc) is 2.85. The van der Waals surface area contributed by atoms with Crippen molar-refractivity contribution in [3.63, 3.8) is 0 Å². The van der Waals surface area contributed by atoms with Crippen LogP contribution in [0.25, 0.3) is 39.1 Å². The van der Waals surface area contributed by atoms with E-state index in [1.54, 1.807) is 25.5 Å². The average molecular weight is 417 g/mol. The highest BCUT2D eigenvalue weighted by Crippen LogP contribution is 2.30. The number of hydrogen-bond acceptors (Lipinski definition) is 4. The van der Waals surface area contributed by atoms with Gasteiger partial charge in [0.15, 0.2) is 5.78 Å². The number of nitrogens with zero attached hydrogens (tertiary/aromatic N) is 3. The van der Waals surface area contributed by atoms with Gasteiger partial charge in [-0.05, 0) is 29.8 Å². The molecule has 0 saturated heterocycles. The summed E-state index contributed by atoms with van der Waals surface area (Å²) in [6.07, 6.45) is 6.39. The fourth-order valence-corrected chi connectivity index (χ4v) is 4.03. The Morgan fingerprint density at radius 1 is 0.875 bits per heavy atom. The van der Waals surface area contributed by atoms with Crippen molar-refractivity contribution in [1.82, 2.24) is 14.5 Å². The van der Waals surface area contributed by atoms with Crippen molar-refractivity contribution in [3.05, 3.63) is 113 Å². The first kappa shape index (κ1) is 19.6. The van der Waals surface area contributed by atoms with Crippen LogP contribution in [0.5, 0.6) is 0 Å². The predicted octanol–water partition coefficient (Wildman–Crippen LogP) is 5.04. The SMILES string of the molecule is Cn1c(=O)c(C(=O)C=Cc2cccc3nccnc23)c(-c2ccccc2)c2ccccc21. The van der Waals surface area contributed by atoms with E-state index in [0.29, 0.717) is 11.1 Å². The number of hydrogen-bond donors (Lipinski definition) is 0. The molecule has 0 radical (unpaired) electrons. The number of benzene rings is 3. The normalized spacial score (nSPS) is 11.4. The summed E-state index contributed by atoms with van der Waals surface area (Å²) in [7, 11) is 1.69. The zero-order valence-corrected chi connectivity index (χ0v) is 17.4. The number of aryl methyl sites for hydroxylation is 1. The van der Waals surface area contributed by atoms with Crippen molar-refractivity contribution < 1.29 is 4.79 Å². The summed E-state index contributed by atoms with van der Waals surface area (Å²) in [5.74, 6) is -0.351. The number of rotatable bonds is 4. The first-order valence-electron chi connectivity index (χ1n) is 10.2. The van der Waals surface area contributed by atoms with Gasteiger partial charge in [-0.2, -0.15) is 0 Å². The summed E-state index contributed by atoms with van der Waals surface area (Å²) in [6, 6.07) is 22.8. The highest BCUT2D eigenvalue weighted by molar-refractivity contribution is 6.15. The monoisotopic (exact) mass is 417 g/mol. The van der Waals surface area contributed by atoms with E-state index in [1.165, 1.54) is 10.6 Å². The number of allylic oxidation sites excluding steroid dienone is 1. The molecule has 0 N–H and O–H groups in total. The molecule has 0 atom stereocenters. The van der Waals surface area contributed by atoms with E-state index < -0.39 is 0 Å². The second-order valence-electron chi connectivity index (χ2n) is 7.47. The molecule has 5 rings (SSSR count). The summed E-state index contributed by atoms with van der Waals surface area (Å²) in [5.41, 5.74) is 4.30. The molecule has 2 aromatic heterocycles. The van der Waals surface area contributed by atoms with Crippen LogP contribution in [0.4, 0.5) is 0 Å². The molecule has 0 bridgehead atoms. The predicted molar refractivity (Wildman–Crippen MR) is 128 cm³/mol. The fraction of sp³-hybridized carbons (Fsp3) is 0.0370. The van der Waals surface area contributed by atoms with Crippen LogP contribution in [-0.4, -0.2) is 20.3 Å². The largest absolute Gasteiger partial charge is 0.311 e. The molecule has 0 amide bonds. The van der Waals surface area contributed by atoms with E-state index in [9.17, 15) is 9.59 Å². The van der Waals surface area contributed by atoms with Crippen molar-refractivity contribution in [2.45, 2.75) is 0 Å². The minimum absolute atomic E-state index is 0.153. The van der Waals surface area contributed by atoms with Crippen molar-refractivity contribution in [2.24, 2.45) is 7.05 Å². The van der Waals surface area contributed by atoms with E-state index in [1.807, 2.05) is 72.8 Å². The van der Waals surface area contributed by atoms with E-state index in [4.69, 9.17) is 0 Å². The summed E-state index contributed by atoms with van der Waals surface area (Å²) in [6.45, 7) is 0. The Balaban J connectivity index is 1.71. The Morgan fingerprint density at radius 2 is 1.62 bits per heavy atom. The molecule has 0 aliphatic carbocycles. The lowest BCUT2D eigenvalue weighted by atomic mass is 9.93. The summed E-state index contributed by atoms with van der Waals surface area (Å²) in [5, 5.41) is 0.855. The van der Waals surface area contributed by atoms with Gasteiger partial charge >= 0.3 is 0 Å². The van der Waals surface area contributed by atoms with Gasteiger partial charge in [0.2, 0.25) is 0 Å². The van der Waals surface area contributed by atoms with Crippen LogP contribution in [0.15, 0.2) is 96.1 Å².